The van der Waals surface area contributed by atoms with Crippen LogP contribution in [-0.4, -0.2) is 20.7 Å². The van der Waals surface area contributed by atoms with Crippen LogP contribution in [0.5, 0.6) is 0 Å². The number of hydrogen-bond acceptors (Lipinski definition) is 3. The summed E-state index contributed by atoms with van der Waals surface area (Å²) >= 11 is 0. The summed E-state index contributed by atoms with van der Waals surface area (Å²) in [5, 5.41) is 10.7. The molecule has 1 aromatic carbocycles. The first-order valence-electron chi connectivity index (χ1n) is 7.72. The van der Waals surface area contributed by atoms with Gasteiger partial charge in [-0.25, -0.2) is 0 Å². The van der Waals surface area contributed by atoms with Crippen molar-refractivity contribution in [1.82, 2.24) is 20.1 Å². The van der Waals surface area contributed by atoms with Crippen LogP contribution >= 0.6 is 0 Å². The lowest BCUT2D eigenvalue weighted by Crippen LogP contribution is -2.23. The number of aryl methyl sites for hydroxylation is 1. The van der Waals surface area contributed by atoms with Gasteiger partial charge in [-0.2, -0.15) is 13.2 Å². The topological polar surface area (TPSA) is 59.8 Å². The molecule has 1 aliphatic rings. The van der Waals surface area contributed by atoms with E-state index in [0.717, 1.165) is 30.8 Å². The summed E-state index contributed by atoms with van der Waals surface area (Å²) in [5.41, 5.74) is -0.419. The molecular weight excluding hydrogens is 333 g/mol. The number of nitrogens with zero attached hydrogens (tertiary/aromatic N) is 3. The Morgan fingerprint density at radius 3 is 2.56 bits per heavy atom. The molecule has 1 fully saturated rings. The Bertz CT molecular complexity index is 840. The minimum atomic E-state index is -4.39. The number of carbonyl (C=O) groups excluding carboxylic acids is 1. The van der Waals surface area contributed by atoms with Crippen LogP contribution in [0.15, 0.2) is 24.3 Å². The maximum Gasteiger partial charge on any atom is 0.416 e. The summed E-state index contributed by atoms with van der Waals surface area (Å²) in [6, 6.07) is 4.73. The van der Waals surface area contributed by atoms with Crippen molar-refractivity contribution < 1.29 is 18.0 Å². The molecule has 1 aromatic heterocycles. The first-order valence-corrected chi connectivity index (χ1v) is 7.72. The predicted octanol–water partition coefficient (Wildman–Crippen LogP) is 2.61. The molecule has 1 N–H and O–H groups in total. The van der Waals surface area contributed by atoms with E-state index >= 15 is 0 Å². The molecular formula is C17H15F3N4O. The Morgan fingerprint density at radius 1 is 1.28 bits per heavy atom. The van der Waals surface area contributed by atoms with E-state index in [2.05, 4.69) is 27.4 Å². The van der Waals surface area contributed by atoms with Crippen molar-refractivity contribution in [3.63, 3.8) is 0 Å². The number of hydrogen-bond donors (Lipinski definition) is 1. The normalized spacial score (nSPS) is 13.9. The summed E-state index contributed by atoms with van der Waals surface area (Å²) in [5.74, 6) is 5.86. The molecule has 1 amide bonds. The van der Waals surface area contributed by atoms with Crippen LogP contribution in [0, 0.1) is 18.8 Å². The third kappa shape index (κ3) is 4.18. The Balaban J connectivity index is 1.59. The van der Waals surface area contributed by atoms with Gasteiger partial charge in [-0.05, 0) is 44.0 Å². The maximum atomic E-state index is 12.5. The van der Waals surface area contributed by atoms with Gasteiger partial charge in [0.15, 0.2) is 5.82 Å². The highest BCUT2D eigenvalue weighted by Gasteiger charge is 2.30. The first-order chi connectivity index (χ1) is 11.8. The summed E-state index contributed by atoms with van der Waals surface area (Å²) in [6.07, 6.45) is -2.24. The third-order valence-electron chi connectivity index (χ3n) is 3.79. The van der Waals surface area contributed by atoms with E-state index in [1.807, 2.05) is 11.5 Å². The molecule has 2 aromatic rings. The van der Waals surface area contributed by atoms with E-state index in [-0.39, 0.29) is 6.54 Å². The zero-order valence-corrected chi connectivity index (χ0v) is 13.4. The number of aromatic nitrogens is 3. The number of amides is 1. The van der Waals surface area contributed by atoms with Crippen LogP contribution in [-0.2, 0) is 17.5 Å². The van der Waals surface area contributed by atoms with Crippen molar-refractivity contribution in [3.05, 3.63) is 47.0 Å². The Kier molecular flexibility index (Phi) is 4.49. The van der Waals surface area contributed by atoms with Gasteiger partial charge < -0.3 is 9.88 Å². The van der Waals surface area contributed by atoms with Gasteiger partial charge in [0, 0.05) is 17.5 Å². The SMILES string of the molecule is Cc1nnc(CNC(=O)C#Cc2ccc(C(F)(F)F)cc2)n1C1CC1. The van der Waals surface area contributed by atoms with E-state index < -0.39 is 17.6 Å². The van der Waals surface area contributed by atoms with Gasteiger partial charge in [-0.1, -0.05) is 5.92 Å². The van der Waals surface area contributed by atoms with Crippen LogP contribution in [0.4, 0.5) is 13.2 Å². The fourth-order valence-corrected chi connectivity index (χ4v) is 2.42. The third-order valence-corrected chi connectivity index (χ3v) is 3.79. The standard InChI is InChI=1S/C17H15F3N4O/c1-11-22-23-15(24(11)14-7-8-14)10-21-16(25)9-4-12-2-5-13(6-3-12)17(18,19)20/h2-3,5-6,14H,7-8,10H2,1H3,(H,21,25). The fraction of sp³-hybridized carbons (Fsp3) is 0.353. The minimum absolute atomic E-state index is 0.206. The molecule has 0 atom stereocenters. The number of alkyl halides is 3. The molecule has 0 aliphatic heterocycles. The van der Waals surface area contributed by atoms with Crippen LogP contribution in [0.1, 0.15) is 41.7 Å². The van der Waals surface area contributed by atoms with Crippen molar-refractivity contribution >= 4 is 5.91 Å². The Morgan fingerprint density at radius 2 is 1.96 bits per heavy atom. The summed E-state index contributed by atoms with van der Waals surface area (Å²) < 4.78 is 39.4. The minimum Gasteiger partial charge on any atom is -0.338 e. The van der Waals surface area contributed by atoms with Gasteiger partial charge in [-0.3, -0.25) is 4.79 Å². The molecule has 5 nitrogen and oxygen atoms in total. The lowest BCUT2D eigenvalue weighted by molar-refractivity contribution is -0.137. The number of carbonyl (C=O) groups is 1. The number of halogens is 3. The van der Waals surface area contributed by atoms with Gasteiger partial charge in [-0.15, -0.1) is 10.2 Å². The van der Waals surface area contributed by atoms with Crippen molar-refractivity contribution in [2.24, 2.45) is 0 Å². The fourth-order valence-electron chi connectivity index (χ4n) is 2.42. The molecule has 0 spiro atoms. The van der Waals surface area contributed by atoms with Gasteiger partial charge in [0.25, 0.3) is 5.91 Å². The second kappa shape index (κ2) is 6.59. The molecule has 25 heavy (non-hydrogen) atoms. The molecule has 1 saturated carbocycles. The van der Waals surface area contributed by atoms with Gasteiger partial charge in [0.2, 0.25) is 0 Å². The molecule has 1 heterocycles. The molecule has 8 heteroatoms. The van der Waals surface area contributed by atoms with Crippen molar-refractivity contribution in [3.8, 4) is 11.8 Å². The Hall–Kier alpha value is -2.82. The quantitative estimate of drug-likeness (QED) is 0.868. The molecule has 130 valence electrons. The highest BCUT2D eigenvalue weighted by molar-refractivity contribution is 5.93. The largest absolute Gasteiger partial charge is 0.416 e. The van der Waals surface area contributed by atoms with E-state index in [1.165, 1.54) is 12.1 Å². The smallest absolute Gasteiger partial charge is 0.338 e. The van der Waals surface area contributed by atoms with E-state index in [9.17, 15) is 18.0 Å². The molecule has 0 bridgehead atoms. The first kappa shape index (κ1) is 17.0. The van der Waals surface area contributed by atoms with Crippen molar-refractivity contribution in [1.29, 1.82) is 0 Å². The molecule has 3 rings (SSSR count). The van der Waals surface area contributed by atoms with Crippen molar-refractivity contribution in [2.75, 3.05) is 0 Å². The second-order valence-corrected chi connectivity index (χ2v) is 5.77. The zero-order chi connectivity index (χ0) is 18.0. The molecule has 0 unspecified atom stereocenters. The second-order valence-electron chi connectivity index (χ2n) is 5.77. The molecule has 1 aliphatic carbocycles. The lowest BCUT2D eigenvalue weighted by atomic mass is 10.1. The van der Waals surface area contributed by atoms with Crippen molar-refractivity contribution in [2.45, 2.75) is 38.5 Å². The van der Waals surface area contributed by atoms with Crippen LogP contribution < -0.4 is 5.32 Å². The van der Waals surface area contributed by atoms with Crippen LogP contribution in [0.25, 0.3) is 0 Å². The summed E-state index contributed by atoms with van der Waals surface area (Å²) in [7, 11) is 0. The highest BCUT2D eigenvalue weighted by Crippen LogP contribution is 2.36. The molecule has 0 saturated heterocycles. The number of rotatable bonds is 3. The highest BCUT2D eigenvalue weighted by atomic mass is 19.4. The van der Waals surface area contributed by atoms with Gasteiger partial charge in [0.1, 0.15) is 5.82 Å². The summed E-state index contributed by atoms with van der Waals surface area (Å²) in [6.45, 7) is 2.07. The van der Waals surface area contributed by atoms with E-state index in [1.54, 1.807) is 0 Å². The van der Waals surface area contributed by atoms with Crippen LogP contribution in [0.2, 0.25) is 0 Å². The predicted molar refractivity (Wildman–Crippen MR) is 83.2 cm³/mol. The van der Waals surface area contributed by atoms with E-state index in [0.29, 0.717) is 17.4 Å². The van der Waals surface area contributed by atoms with E-state index in [4.69, 9.17) is 0 Å². The zero-order valence-electron chi connectivity index (χ0n) is 13.4. The van der Waals surface area contributed by atoms with Gasteiger partial charge >= 0.3 is 6.18 Å². The molecule has 0 radical (unpaired) electrons. The average Bonchev–Trinajstić information content (AvgIpc) is 3.33. The lowest BCUT2D eigenvalue weighted by Gasteiger charge is -2.06. The monoisotopic (exact) mass is 348 g/mol. The maximum absolute atomic E-state index is 12.5. The number of nitrogens with one attached hydrogen (secondary N) is 1. The Labute approximate surface area is 142 Å². The van der Waals surface area contributed by atoms with Gasteiger partial charge in [0.05, 0.1) is 12.1 Å². The average molecular weight is 348 g/mol. The van der Waals surface area contributed by atoms with Crippen LogP contribution in [0.3, 0.4) is 0 Å². The summed E-state index contributed by atoms with van der Waals surface area (Å²) in [4.78, 5) is 11.8. The number of benzene rings is 1.